The van der Waals surface area contributed by atoms with Gasteiger partial charge >= 0.3 is 0 Å². The summed E-state index contributed by atoms with van der Waals surface area (Å²) in [5.41, 5.74) is 12.2. The molecular weight excluding hydrogens is 649 g/mol. The van der Waals surface area contributed by atoms with Crippen LogP contribution in [0.3, 0.4) is 0 Å². The largest absolute Gasteiger partial charge is 0.336 e. The normalized spacial score (nSPS) is 11.5. The Morgan fingerprint density at radius 1 is 0.462 bits per heavy atom. The highest BCUT2D eigenvalue weighted by Crippen LogP contribution is 2.40. The minimum absolute atomic E-state index is 0.787. The second-order valence-corrected chi connectivity index (χ2v) is 14.3. The Bertz CT molecular complexity index is 2840. The molecule has 0 atom stereocenters. The van der Waals surface area contributed by atoms with E-state index in [0.717, 1.165) is 6.54 Å². The van der Waals surface area contributed by atoms with Crippen molar-refractivity contribution in [3.8, 4) is 27.9 Å². The third-order valence-electron chi connectivity index (χ3n) is 10.3. The van der Waals surface area contributed by atoms with E-state index in [1.54, 1.807) is 11.3 Å². The molecule has 0 unspecified atom stereocenters. The highest BCUT2D eigenvalue weighted by Gasteiger charge is 2.17. The van der Waals surface area contributed by atoms with E-state index in [9.17, 15) is 0 Å². The van der Waals surface area contributed by atoms with Gasteiger partial charge in [0.25, 0.3) is 0 Å². The number of aromatic nitrogens is 1. The van der Waals surface area contributed by atoms with Gasteiger partial charge in [0, 0.05) is 49.9 Å². The van der Waals surface area contributed by atoms with Crippen LogP contribution in [0.1, 0.15) is 5.56 Å². The minimum Gasteiger partial charge on any atom is -0.336 e. The fourth-order valence-corrected chi connectivity index (χ4v) is 8.58. The Morgan fingerprint density at radius 3 is 1.90 bits per heavy atom. The minimum atomic E-state index is 0.787. The molecule has 2 nitrogen and oxygen atoms in total. The predicted molar refractivity (Wildman–Crippen MR) is 223 cm³/mol. The third-order valence-corrected chi connectivity index (χ3v) is 11.2. The molecule has 0 fully saturated rings. The van der Waals surface area contributed by atoms with E-state index in [0.29, 0.717) is 0 Å². The lowest BCUT2D eigenvalue weighted by Gasteiger charge is -2.27. The first-order chi connectivity index (χ1) is 25.8. The monoisotopic (exact) mass is 682 g/mol. The van der Waals surface area contributed by atoms with Crippen LogP contribution in [0, 0.1) is 0 Å². The highest BCUT2D eigenvalue weighted by atomic mass is 32.1. The van der Waals surface area contributed by atoms with Crippen LogP contribution in [0.15, 0.2) is 193 Å². The van der Waals surface area contributed by atoms with E-state index in [4.69, 9.17) is 0 Å². The van der Waals surface area contributed by atoms with Crippen LogP contribution in [0.25, 0.3) is 70.6 Å². The van der Waals surface area contributed by atoms with Crippen LogP contribution < -0.4 is 4.90 Å². The van der Waals surface area contributed by atoms with Gasteiger partial charge < -0.3 is 9.47 Å². The topological polar surface area (TPSA) is 8.17 Å². The molecule has 0 amide bonds. The SMILES string of the molecule is c1ccc(CN(c2ccc(-c3ccc(-c4ccc5c(c4)c4ccc6sccc6c4n5-c4ccccc4)cc3)cc2)c2cccc3ccccc23)cc1. The molecule has 10 aromatic rings. The zero-order valence-corrected chi connectivity index (χ0v) is 29.3. The molecule has 0 aliphatic carbocycles. The summed E-state index contributed by atoms with van der Waals surface area (Å²) in [5, 5.41) is 8.56. The number of fused-ring (bicyclic) bond motifs is 6. The van der Waals surface area contributed by atoms with E-state index < -0.39 is 0 Å². The first-order valence-electron chi connectivity index (χ1n) is 17.8. The zero-order valence-electron chi connectivity index (χ0n) is 28.5. The molecule has 52 heavy (non-hydrogen) atoms. The molecule has 8 aromatic carbocycles. The van der Waals surface area contributed by atoms with E-state index in [-0.39, 0.29) is 0 Å². The molecule has 2 aromatic heterocycles. The van der Waals surface area contributed by atoms with Crippen LogP contribution in [0.4, 0.5) is 11.4 Å². The van der Waals surface area contributed by atoms with E-state index in [2.05, 4.69) is 203 Å². The predicted octanol–water partition coefficient (Wildman–Crippen LogP) is 13.8. The molecule has 0 aliphatic rings. The van der Waals surface area contributed by atoms with Gasteiger partial charge in [0.2, 0.25) is 0 Å². The van der Waals surface area contributed by atoms with Gasteiger partial charge in [-0.05, 0) is 93.2 Å². The van der Waals surface area contributed by atoms with Gasteiger partial charge in [-0.3, -0.25) is 0 Å². The second-order valence-electron chi connectivity index (χ2n) is 13.4. The number of nitrogens with zero attached hydrogens (tertiary/aromatic N) is 2. The van der Waals surface area contributed by atoms with Crippen molar-refractivity contribution >= 4 is 65.4 Å². The molecule has 0 bridgehead atoms. The Kier molecular flexibility index (Phi) is 7.44. The molecule has 0 radical (unpaired) electrons. The number of para-hydroxylation sites is 1. The Morgan fingerprint density at radius 2 is 1.12 bits per heavy atom. The molecule has 0 aliphatic heterocycles. The van der Waals surface area contributed by atoms with Gasteiger partial charge in [-0.25, -0.2) is 0 Å². The van der Waals surface area contributed by atoms with Crippen LogP contribution in [-0.2, 0) is 6.54 Å². The highest BCUT2D eigenvalue weighted by molar-refractivity contribution is 7.17. The van der Waals surface area contributed by atoms with E-state index in [1.807, 2.05) is 0 Å². The van der Waals surface area contributed by atoms with Crippen LogP contribution in [0.5, 0.6) is 0 Å². The average Bonchev–Trinajstić information content (AvgIpc) is 3.83. The number of anilines is 2. The maximum Gasteiger partial charge on any atom is 0.0627 e. The summed E-state index contributed by atoms with van der Waals surface area (Å²) >= 11 is 1.80. The van der Waals surface area contributed by atoms with Crippen molar-refractivity contribution < 1.29 is 0 Å². The molecule has 3 heteroatoms. The number of hydrogen-bond donors (Lipinski definition) is 0. The van der Waals surface area contributed by atoms with Crippen molar-refractivity contribution in [2.45, 2.75) is 6.54 Å². The van der Waals surface area contributed by atoms with Gasteiger partial charge in [0.15, 0.2) is 0 Å². The lowest BCUT2D eigenvalue weighted by Crippen LogP contribution is -2.16. The van der Waals surface area contributed by atoms with Crippen LogP contribution in [0.2, 0.25) is 0 Å². The summed E-state index contributed by atoms with van der Waals surface area (Å²) in [6.45, 7) is 0.787. The fourth-order valence-electron chi connectivity index (χ4n) is 7.79. The molecule has 0 spiro atoms. The molecule has 10 rings (SSSR count). The number of rotatable bonds is 7. The third kappa shape index (κ3) is 5.26. The Hall–Kier alpha value is -6.42. The summed E-state index contributed by atoms with van der Waals surface area (Å²) < 4.78 is 3.74. The molecule has 0 saturated heterocycles. The van der Waals surface area contributed by atoms with Crippen molar-refractivity contribution in [2.75, 3.05) is 4.90 Å². The molecular formula is C49H34N2S. The van der Waals surface area contributed by atoms with Crippen LogP contribution in [-0.4, -0.2) is 4.57 Å². The lowest BCUT2D eigenvalue weighted by molar-refractivity contribution is 0.981. The summed E-state index contributed by atoms with van der Waals surface area (Å²) in [7, 11) is 0. The standard InChI is InChI=1S/C49H34N2S/c1-3-10-34(11-4-1)33-50(46-17-9-13-38-12-7-8-16-42(38)46)40-25-22-36(23-26-40)35-18-20-37(21-19-35)39-24-28-47-45(32-39)43-27-29-48-44(30-31-52-48)49(43)51(47)41-14-5-2-6-15-41/h1-32H,33H2. The van der Waals surface area contributed by atoms with Crippen molar-refractivity contribution in [1.29, 1.82) is 0 Å². The van der Waals surface area contributed by atoms with Crippen molar-refractivity contribution in [3.05, 3.63) is 199 Å². The van der Waals surface area contributed by atoms with Gasteiger partial charge in [-0.15, -0.1) is 11.3 Å². The van der Waals surface area contributed by atoms with Gasteiger partial charge in [-0.2, -0.15) is 0 Å². The Labute approximate surface area is 307 Å². The lowest BCUT2D eigenvalue weighted by atomic mass is 9.98. The first kappa shape index (κ1) is 30.4. The molecule has 0 saturated carbocycles. The van der Waals surface area contributed by atoms with Crippen molar-refractivity contribution in [1.82, 2.24) is 4.57 Å². The van der Waals surface area contributed by atoms with E-state index >= 15 is 0 Å². The van der Waals surface area contributed by atoms with Gasteiger partial charge in [-0.1, -0.05) is 133 Å². The number of thiophene rings is 1. The van der Waals surface area contributed by atoms with Crippen LogP contribution >= 0.6 is 11.3 Å². The van der Waals surface area contributed by atoms with Gasteiger partial charge in [0.1, 0.15) is 0 Å². The molecule has 0 N–H and O–H groups in total. The first-order valence-corrected chi connectivity index (χ1v) is 18.7. The maximum absolute atomic E-state index is 2.43. The smallest absolute Gasteiger partial charge is 0.0627 e. The zero-order chi connectivity index (χ0) is 34.4. The van der Waals surface area contributed by atoms with Crippen molar-refractivity contribution in [3.63, 3.8) is 0 Å². The Balaban J connectivity index is 0.994. The molecule has 2 heterocycles. The molecule has 246 valence electrons. The van der Waals surface area contributed by atoms with E-state index in [1.165, 1.54) is 87.5 Å². The summed E-state index contributed by atoms with van der Waals surface area (Å²) in [6.07, 6.45) is 0. The summed E-state index contributed by atoms with van der Waals surface area (Å²) in [4.78, 5) is 2.43. The average molecular weight is 683 g/mol. The summed E-state index contributed by atoms with van der Waals surface area (Å²) in [6, 6.07) is 68.5. The summed E-state index contributed by atoms with van der Waals surface area (Å²) in [5.74, 6) is 0. The fraction of sp³-hybridized carbons (Fsp3) is 0.0204. The number of benzene rings is 8. The second kappa shape index (κ2) is 12.7. The van der Waals surface area contributed by atoms with Crippen molar-refractivity contribution in [2.24, 2.45) is 0 Å². The number of hydrogen-bond acceptors (Lipinski definition) is 2. The van der Waals surface area contributed by atoms with Gasteiger partial charge in [0.05, 0.1) is 11.0 Å². The maximum atomic E-state index is 2.43. The quantitative estimate of drug-likeness (QED) is 0.162.